The van der Waals surface area contributed by atoms with Gasteiger partial charge in [-0.15, -0.1) is 0 Å². The van der Waals surface area contributed by atoms with Crippen LogP contribution in [0.25, 0.3) is 0 Å². The normalized spacial score (nSPS) is 10.6. The van der Waals surface area contributed by atoms with E-state index in [4.69, 9.17) is 0 Å². The zero-order chi connectivity index (χ0) is 16.5. The lowest BCUT2D eigenvalue weighted by molar-refractivity contribution is -0.129. The summed E-state index contributed by atoms with van der Waals surface area (Å²) in [5.41, 5.74) is 2.04. The van der Waals surface area contributed by atoms with Gasteiger partial charge in [-0.25, -0.2) is 0 Å². The zero-order valence-corrected chi connectivity index (χ0v) is 14.1. The van der Waals surface area contributed by atoms with Crippen LogP contribution in [-0.2, 0) is 16.0 Å². The van der Waals surface area contributed by atoms with Crippen molar-refractivity contribution in [1.82, 2.24) is 9.80 Å². The molecular weight excluding hydrogens is 278 g/mol. The highest BCUT2D eigenvalue weighted by atomic mass is 16.2. The van der Waals surface area contributed by atoms with Crippen molar-refractivity contribution in [3.63, 3.8) is 0 Å². The van der Waals surface area contributed by atoms with Crippen LogP contribution >= 0.6 is 0 Å². The fraction of sp³-hybridized carbons (Fsp3) is 0.529. The molecule has 2 amide bonds. The lowest BCUT2D eigenvalue weighted by atomic mass is 10.1. The second kappa shape index (κ2) is 9.20. The molecule has 1 aromatic rings. The Morgan fingerprint density at radius 2 is 1.68 bits per heavy atom. The standard InChI is InChI=1S/C17H27N3O2/c1-5-15-6-8-16(9-7-15)18-17(22)10-11-20(14(2)21)13-12-19(3)4/h6-9H,5,10-13H2,1-4H3,(H,18,22). The number of amides is 2. The summed E-state index contributed by atoms with van der Waals surface area (Å²) in [6.07, 6.45) is 1.29. The molecule has 1 N–H and O–H groups in total. The fourth-order valence-electron chi connectivity index (χ4n) is 2.03. The smallest absolute Gasteiger partial charge is 0.226 e. The molecule has 0 aliphatic carbocycles. The van der Waals surface area contributed by atoms with Crippen molar-refractivity contribution in [2.45, 2.75) is 26.7 Å². The van der Waals surface area contributed by atoms with Crippen LogP contribution in [0.2, 0.25) is 0 Å². The number of hydrogen-bond acceptors (Lipinski definition) is 3. The number of carbonyl (C=O) groups is 2. The molecule has 0 heterocycles. The summed E-state index contributed by atoms with van der Waals surface area (Å²) in [6, 6.07) is 7.83. The third kappa shape index (κ3) is 6.72. The topological polar surface area (TPSA) is 52.7 Å². The molecule has 0 aromatic heterocycles. The highest BCUT2D eigenvalue weighted by molar-refractivity contribution is 5.91. The number of nitrogens with one attached hydrogen (secondary N) is 1. The first-order valence-corrected chi connectivity index (χ1v) is 7.71. The van der Waals surface area contributed by atoms with E-state index in [1.54, 1.807) is 4.90 Å². The van der Waals surface area contributed by atoms with Crippen LogP contribution in [0.15, 0.2) is 24.3 Å². The van der Waals surface area contributed by atoms with Crippen molar-refractivity contribution in [3.8, 4) is 0 Å². The Hall–Kier alpha value is -1.88. The Labute approximate surface area is 133 Å². The van der Waals surface area contributed by atoms with Crippen LogP contribution in [0.1, 0.15) is 25.8 Å². The second-order valence-electron chi connectivity index (χ2n) is 5.66. The number of aryl methyl sites for hydroxylation is 1. The summed E-state index contributed by atoms with van der Waals surface area (Å²) in [5.74, 6) is -0.0673. The lowest BCUT2D eigenvalue weighted by Gasteiger charge is -2.22. The molecule has 1 rings (SSSR count). The van der Waals surface area contributed by atoms with Gasteiger partial charge in [0, 0.05) is 38.7 Å². The van der Waals surface area contributed by atoms with Gasteiger partial charge in [-0.05, 0) is 38.2 Å². The molecular formula is C17H27N3O2. The van der Waals surface area contributed by atoms with Crippen LogP contribution in [0, 0.1) is 0 Å². The van der Waals surface area contributed by atoms with E-state index in [0.29, 0.717) is 19.5 Å². The summed E-state index contributed by atoms with van der Waals surface area (Å²) >= 11 is 0. The van der Waals surface area contributed by atoms with Gasteiger partial charge in [0.2, 0.25) is 11.8 Å². The quantitative estimate of drug-likeness (QED) is 0.799. The highest BCUT2D eigenvalue weighted by Gasteiger charge is 2.11. The van der Waals surface area contributed by atoms with Crippen molar-refractivity contribution >= 4 is 17.5 Å². The minimum Gasteiger partial charge on any atom is -0.341 e. The molecule has 0 radical (unpaired) electrons. The lowest BCUT2D eigenvalue weighted by Crippen LogP contribution is -2.37. The molecule has 0 aliphatic heterocycles. The Morgan fingerprint density at radius 1 is 1.05 bits per heavy atom. The third-order valence-electron chi connectivity index (χ3n) is 3.52. The summed E-state index contributed by atoms with van der Waals surface area (Å²) in [5, 5.41) is 2.87. The summed E-state index contributed by atoms with van der Waals surface area (Å²) in [4.78, 5) is 27.3. The van der Waals surface area contributed by atoms with Crippen molar-refractivity contribution < 1.29 is 9.59 Å². The van der Waals surface area contributed by atoms with Crippen LogP contribution in [-0.4, -0.2) is 55.3 Å². The molecule has 122 valence electrons. The van der Waals surface area contributed by atoms with E-state index in [1.807, 2.05) is 43.3 Å². The van der Waals surface area contributed by atoms with Gasteiger partial charge < -0.3 is 15.1 Å². The molecule has 0 atom stereocenters. The molecule has 0 fully saturated rings. The summed E-state index contributed by atoms with van der Waals surface area (Å²) in [7, 11) is 3.93. The number of likely N-dealkylation sites (N-methyl/N-ethyl adjacent to an activating group) is 1. The molecule has 1 aromatic carbocycles. The van der Waals surface area contributed by atoms with Crippen LogP contribution in [0.3, 0.4) is 0 Å². The maximum Gasteiger partial charge on any atom is 0.226 e. The molecule has 22 heavy (non-hydrogen) atoms. The molecule has 5 nitrogen and oxygen atoms in total. The van der Waals surface area contributed by atoms with E-state index >= 15 is 0 Å². The summed E-state index contributed by atoms with van der Waals surface area (Å²) < 4.78 is 0. The molecule has 0 bridgehead atoms. The highest BCUT2D eigenvalue weighted by Crippen LogP contribution is 2.10. The average molecular weight is 305 g/mol. The average Bonchev–Trinajstić information content (AvgIpc) is 2.47. The largest absolute Gasteiger partial charge is 0.341 e. The molecule has 0 unspecified atom stereocenters. The monoisotopic (exact) mass is 305 g/mol. The minimum absolute atomic E-state index is 0.00180. The van der Waals surface area contributed by atoms with Crippen molar-refractivity contribution in [1.29, 1.82) is 0 Å². The fourth-order valence-corrected chi connectivity index (χ4v) is 2.03. The SMILES string of the molecule is CCc1ccc(NC(=O)CCN(CCN(C)C)C(C)=O)cc1. The maximum atomic E-state index is 12.0. The van der Waals surface area contributed by atoms with Gasteiger partial charge in [-0.1, -0.05) is 19.1 Å². The minimum atomic E-state index is -0.0691. The van der Waals surface area contributed by atoms with Gasteiger partial charge in [-0.3, -0.25) is 9.59 Å². The number of hydrogen-bond donors (Lipinski definition) is 1. The van der Waals surface area contributed by atoms with E-state index < -0.39 is 0 Å². The number of rotatable bonds is 8. The predicted octanol–water partition coefficient (Wildman–Crippen LogP) is 1.99. The van der Waals surface area contributed by atoms with E-state index in [0.717, 1.165) is 18.7 Å². The van der Waals surface area contributed by atoms with Gasteiger partial charge in [-0.2, -0.15) is 0 Å². The van der Waals surface area contributed by atoms with Crippen molar-refractivity contribution in [2.75, 3.05) is 39.0 Å². The predicted molar refractivity (Wildman–Crippen MR) is 89.9 cm³/mol. The van der Waals surface area contributed by atoms with E-state index in [1.165, 1.54) is 12.5 Å². The molecule has 0 aliphatic rings. The summed E-state index contributed by atoms with van der Waals surface area (Å²) in [6.45, 7) is 5.51. The second-order valence-corrected chi connectivity index (χ2v) is 5.66. The first kappa shape index (κ1) is 18.2. The maximum absolute atomic E-state index is 12.0. The number of benzene rings is 1. The molecule has 0 saturated carbocycles. The number of anilines is 1. The third-order valence-corrected chi connectivity index (χ3v) is 3.52. The Kier molecular flexibility index (Phi) is 7.60. The van der Waals surface area contributed by atoms with Gasteiger partial charge in [0.1, 0.15) is 0 Å². The molecule has 5 heteroatoms. The van der Waals surface area contributed by atoms with E-state index in [-0.39, 0.29) is 11.8 Å². The van der Waals surface area contributed by atoms with Gasteiger partial charge in [0.15, 0.2) is 0 Å². The zero-order valence-electron chi connectivity index (χ0n) is 14.1. The Balaban J connectivity index is 2.43. The Morgan fingerprint density at radius 3 is 2.18 bits per heavy atom. The molecule has 0 spiro atoms. The molecule has 0 saturated heterocycles. The van der Waals surface area contributed by atoms with Crippen LogP contribution < -0.4 is 5.32 Å². The van der Waals surface area contributed by atoms with E-state index in [9.17, 15) is 9.59 Å². The number of carbonyl (C=O) groups excluding carboxylic acids is 2. The Bertz CT molecular complexity index is 483. The van der Waals surface area contributed by atoms with Gasteiger partial charge in [0.25, 0.3) is 0 Å². The first-order valence-electron chi connectivity index (χ1n) is 7.71. The van der Waals surface area contributed by atoms with Gasteiger partial charge in [0.05, 0.1) is 0 Å². The first-order chi connectivity index (χ1) is 10.4. The van der Waals surface area contributed by atoms with Crippen molar-refractivity contribution in [2.24, 2.45) is 0 Å². The van der Waals surface area contributed by atoms with E-state index in [2.05, 4.69) is 12.2 Å². The van der Waals surface area contributed by atoms with Crippen LogP contribution in [0.5, 0.6) is 0 Å². The van der Waals surface area contributed by atoms with Gasteiger partial charge >= 0.3 is 0 Å². The number of nitrogens with zero attached hydrogens (tertiary/aromatic N) is 2. The van der Waals surface area contributed by atoms with Crippen molar-refractivity contribution in [3.05, 3.63) is 29.8 Å². The van der Waals surface area contributed by atoms with Crippen LogP contribution in [0.4, 0.5) is 5.69 Å².